The van der Waals surface area contributed by atoms with Crippen LogP contribution in [0.15, 0.2) is 0 Å². The number of halogens is 1. The van der Waals surface area contributed by atoms with Crippen molar-refractivity contribution in [3.05, 3.63) is 0 Å². The Balaban J connectivity index is 2.38. The zero-order chi connectivity index (χ0) is 11.3. The maximum absolute atomic E-state index is 12.1. The van der Waals surface area contributed by atoms with Crippen molar-refractivity contribution in [3.63, 3.8) is 0 Å². The van der Waals surface area contributed by atoms with Crippen LogP contribution in [0.2, 0.25) is 0 Å². The fourth-order valence-electron chi connectivity index (χ4n) is 2.30. The second-order valence-corrected chi connectivity index (χ2v) is 4.22. The lowest BCUT2D eigenvalue weighted by atomic mass is 9.93. The van der Waals surface area contributed by atoms with Crippen LogP contribution in [0, 0.1) is 5.92 Å². The number of aliphatic carboxylic acids is 1. The van der Waals surface area contributed by atoms with Crippen molar-refractivity contribution in [2.45, 2.75) is 38.6 Å². The van der Waals surface area contributed by atoms with E-state index in [1.807, 2.05) is 11.8 Å². The van der Waals surface area contributed by atoms with Crippen LogP contribution >= 0.6 is 0 Å². The highest BCUT2D eigenvalue weighted by Gasteiger charge is 2.27. The Labute approximate surface area is 90.3 Å². The highest BCUT2D eigenvalue weighted by atomic mass is 19.1. The van der Waals surface area contributed by atoms with Gasteiger partial charge in [0, 0.05) is 0 Å². The smallest absolute Gasteiger partial charge is 0.320 e. The van der Waals surface area contributed by atoms with Crippen molar-refractivity contribution in [3.8, 4) is 0 Å². The minimum Gasteiger partial charge on any atom is -0.480 e. The number of hydrogen-bond acceptors (Lipinski definition) is 2. The molecule has 1 N–H and O–H groups in total. The summed E-state index contributed by atoms with van der Waals surface area (Å²) < 4.78 is 12.1. The maximum atomic E-state index is 12.1. The van der Waals surface area contributed by atoms with Crippen LogP contribution in [0.3, 0.4) is 0 Å². The topological polar surface area (TPSA) is 40.5 Å². The zero-order valence-electron chi connectivity index (χ0n) is 9.29. The van der Waals surface area contributed by atoms with Crippen LogP contribution in [0.25, 0.3) is 0 Å². The van der Waals surface area contributed by atoms with E-state index in [4.69, 9.17) is 5.11 Å². The molecule has 88 valence electrons. The minimum absolute atomic E-state index is 0.249. The second kappa shape index (κ2) is 6.05. The summed E-state index contributed by atoms with van der Waals surface area (Å²) in [7, 11) is 0. The van der Waals surface area contributed by atoms with Gasteiger partial charge in [-0.25, -0.2) is 0 Å². The summed E-state index contributed by atoms with van der Waals surface area (Å²) in [6.45, 7) is 3.25. The third kappa shape index (κ3) is 3.45. The first-order valence-corrected chi connectivity index (χ1v) is 5.71. The van der Waals surface area contributed by atoms with Crippen LogP contribution in [0.4, 0.5) is 4.39 Å². The number of carbonyl (C=O) groups is 1. The molecule has 0 bridgehead atoms. The lowest BCUT2D eigenvalue weighted by molar-refractivity contribution is -0.144. The molecule has 0 radical (unpaired) electrons. The maximum Gasteiger partial charge on any atom is 0.320 e. The first kappa shape index (κ1) is 12.4. The molecule has 1 aliphatic rings. The Kier molecular flexibility index (Phi) is 5.02. The Morgan fingerprint density at radius 1 is 1.53 bits per heavy atom. The predicted octanol–water partition coefficient (Wildman–Crippen LogP) is 1.92. The van der Waals surface area contributed by atoms with E-state index in [2.05, 4.69) is 0 Å². The van der Waals surface area contributed by atoms with E-state index in [9.17, 15) is 9.18 Å². The van der Waals surface area contributed by atoms with Gasteiger partial charge in [0.15, 0.2) is 0 Å². The zero-order valence-corrected chi connectivity index (χ0v) is 9.29. The Hall–Kier alpha value is -0.640. The number of carboxylic acid groups (broad SMARTS) is 1. The first-order valence-electron chi connectivity index (χ1n) is 5.71. The van der Waals surface area contributed by atoms with E-state index in [0.717, 1.165) is 25.9 Å². The highest BCUT2D eigenvalue weighted by Crippen LogP contribution is 2.22. The molecule has 0 aromatic rings. The number of carboxylic acids is 1. The van der Waals surface area contributed by atoms with Crippen molar-refractivity contribution in [1.29, 1.82) is 0 Å². The molecule has 0 aromatic carbocycles. The molecular formula is C11H20FNO2. The van der Waals surface area contributed by atoms with E-state index in [1.54, 1.807) is 0 Å². The Morgan fingerprint density at radius 3 is 2.53 bits per heavy atom. The quantitative estimate of drug-likeness (QED) is 0.765. The number of piperidine rings is 1. The summed E-state index contributed by atoms with van der Waals surface area (Å²) in [5, 5.41) is 8.99. The monoisotopic (exact) mass is 217 g/mol. The van der Waals surface area contributed by atoms with E-state index >= 15 is 0 Å². The predicted molar refractivity (Wildman–Crippen MR) is 56.6 cm³/mol. The van der Waals surface area contributed by atoms with Crippen LogP contribution in [-0.2, 0) is 4.79 Å². The first-order chi connectivity index (χ1) is 7.19. The Bertz CT molecular complexity index is 203. The van der Waals surface area contributed by atoms with Gasteiger partial charge in [0.25, 0.3) is 0 Å². The molecule has 1 aliphatic heterocycles. The molecule has 1 heterocycles. The molecule has 1 atom stereocenters. The fraction of sp³-hybridized carbons (Fsp3) is 0.909. The average Bonchev–Trinajstić information content (AvgIpc) is 2.21. The summed E-state index contributed by atoms with van der Waals surface area (Å²) in [5.74, 6) is -0.279. The van der Waals surface area contributed by atoms with Gasteiger partial charge in [-0.3, -0.25) is 14.1 Å². The number of rotatable bonds is 5. The van der Waals surface area contributed by atoms with E-state index in [-0.39, 0.29) is 12.7 Å². The molecule has 1 fully saturated rings. The standard InChI is InChI=1S/C11H20FNO2/c1-2-10(11(14)15)13-7-4-9(3-6-12)5-8-13/h9-10H,2-8H2,1H3,(H,14,15)/t10-/m1/s1. The summed E-state index contributed by atoms with van der Waals surface area (Å²) in [5.41, 5.74) is 0. The number of nitrogens with zero attached hydrogens (tertiary/aromatic N) is 1. The Morgan fingerprint density at radius 2 is 2.13 bits per heavy atom. The van der Waals surface area contributed by atoms with Gasteiger partial charge in [-0.2, -0.15) is 0 Å². The third-order valence-electron chi connectivity index (χ3n) is 3.28. The van der Waals surface area contributed by atoms with E-state index in [0.29, 0.717) is 18.8 Å². The molecule has 0 amide bonds. The van der Waals surface area contributed by atoms with Crippen LogP contribution in [0.1, 0.15) is 32.6 Å². The molecule has 0 spiro atoms. The van der Waals surface area contributed by atoms with Crippen molar-refractivity contribution in [2.24, 2.45) is 5.92 Å². The molecule has 4 heteroatoms. The van der Waals surface area contributed by atoms with Crippen molar-refractivity contribution in [1.82, 2.24) is 4.90 Å². The SMILES string of the molecule is CC[C@H](C(=O)O)N1CCC(CCF)CC1. The van der Waals surface area contributed by atoms with Gasteiger partial charge >= 0.3 is 5.97 Å². The lowest BCUT2D eigenvalue weighted by Gasteiger charge is -2.35. The lowest BCUT2D eigenvalue weighted by Crippen LogP contribution is -2.45. The summed E-state index contributed by atoms with van der Waals surface area (Å²) in [6, 6.07) is -0.351. The molecule has 0 unspecified atom stereocenters. The fourth-order valence-corrected chi connectivity index (χ4v) is 2.30. The van der Waals surface area contributed by atoms with E-state index < -0.39 is 5.97 Å². The van der Waals surface area contributed by atoms with Crippen LogP contribution in [-0.4, -0.2) is 41.8 Å². The molecule has 0 aliphatic carbocycles. The molecular weight excluding hydrogens is 197 g/mol. The number of hydrogen-bond donors (Lipinski definition) is 1. The molecule has 1 rings (SSSR count). The highest BCUT2D eigenvalue weighted by molar-refractivity contribution is 5.73. The largest absolute Gasteiger partial charge is 0.480 e. The number of likely N-dealkylation sites (tertiary alicyclic amines) is 1. The van der Waals surface area contributed by atoms with Crippen LogP contribution in [0.5, 0.6) is 0 Å². The van der Waals surface area contributed by atoms with Crippen LogP contribution < -0.4 is 0 Å². The summed E-state index contributed by atoms with van der Waals surface area (Å²) >= 11 is 0. The molecule has 0 aromatic heterocycles. The van der Waals surface area contributed by atoms with E-state index in [1.165, 1.54) is 0 Å². The van der Waals surface area contributed by atoms with Crippen molar-refractivity contribution in [2.75, 3.05) is 19.8 Å². The van der Waals surface area contributed by atoms with Gasteiger partial charge in [-0.15, -0.1) is 0 Å². The normalized spacial score (nSPS) is 21.5. The molecule has 3 nitrogen and oxygen atoms in total. The summed E-state index contributed by atoms with van der Waals surface area (Å²) in [4.78, 5) is 12.9. The number of alkyl halides is 1. The summed E-state index contributed by atoms with van der Waals surface area (Å²) in [6.07, 6.45) is 3.15. The van der Waals surface area contributed by atoms with Gasteiger partial charge < -0.3 is 5.11 Å². The molecule has 0 saturated carbocycles. The second-order valence-electron chi connectivity index (χ2n) is 4.22. The molecule has 1 saturated heterocycles. The van der Waals surface area contributed by atoms with Gasteiger partial charge in [0.1, 0.15) is 6.04 Å². The van der Waals surface area contributed by atoms with Crippen molar-refractivity contribution >= 4 is 5.97 Å². The van der Waals surface area contributed by atoms with Crippen molar-refractivity contribution < 1.29 is 14.3 Å². The van der Waals surface area contributed by atoms with Gasteiger partial charge in [0.05, 0.1) is 6.67 Å². The minimum atomic E-state index is -0.735. The van der Waals surface area contributed by atoms with Gasteiger partial charge in [-0.1, -0.05) is 6.92 Å². The molecule has 15 heavy (non-hydrogen) atoms. The van der Waals surface area contributed by atoms with Gasteiger partial charge in [0.2, 0.25) is 0 Å². The third-order valence-corrected chi connectivity index (χ3v) is 3.28. The average molecular weight is 217 g/mol. The van der Waals surface area contributed by atoms with Gasteiger partial charge in [-0.05, 0) is 44.7 Å².